The van der Waals surface area contributed by atoms with Crippen LogP contribution in [0.15, 0.2) is 48.7 Å². The molecule has 0 radical (unpaired) electrons. The Labute approximate surface area is 140 Å². The van der Waals surface area contributed by atoms with Crippen LogP contribution in [0.5, 0.6) is 0 Å². The number of rotatable bonds is 6. The SMILES string of the molecule is CC(C)(CC(=O)Nc1ccc(F)cc1)CC(=O)Nc1ccccn1. The van der Waals surface area contributed by atoms with Crippen molar-refractivity contribution < 1.29 is 14.0 Å². The molecule has 2 rings (SSSR count). The number of nitrogens with zero attached hydrogens (tertiary/aromatic N) is 1. The Morgan fingerprint density at radius 1 is 1.00 bits per heavy atom. The standard InChI is InChI=1S/C18H20FN3O2/c1-18(2,12-17(24)22-15-5-3-4-10-20-15)11-16(23)21-14-8-6-13(19)7-9-14/h3-10H,11-12H2,1-2H3,(H,21,23)(H,20,22,24). The molecule has 1 aromatic carbocycles. The molecule has 1 heterocycles. The van der Waals surface area contributed by atoms with Crippen molar-refractivity contribution in [1.82, 2.24) is 4.98 Å². The summed E-state index contributed by atoms with van der Waals surface area (Å²) in [6.07, 6.45) is 1.94. The van der Waals surface area contributed by atoms with E-state index >= 15 is 0 Å². The molecule has 0 saturated heterocycles. The first-order valence-corrected chi connectivity index (χ1v) is 7.60. The van der Waals surface area contributed by atoms with E-state index in [0.29, 0.717) is 11.5 Å². The molecular formula is C18H20FN3O2. The number of hydrogen-bond acceptors (Lipinski definition) is 3. The molecule has 0 aliphatic rings. The Hall–Kier alpha value is -2.76. The van der Waals surface area contributed by atoms with Crippen LogP contribution in [-0.4, -0.2) is 16.8 Å². The van der Waals surface area contributed by atoms with Gasteiger partial charge < -0.3 is 10.6 Å². The molecule has 6 heteroatoms. The molecule has 0 aliphatic carbocycles. The van der Waals surface area contributed by atoms with Crippen LogP contribution in [0.2, 0.25) is 0 Å². The first-order chi connectivity index (χ1) is 11.3. The minimum Gasteiger partial charge on any atom is -0.326 e. The van der Waals surface area contributed by atoms with E-state index in [1.165, 1.54) is 24.3 Å². The molecule has 5 nitrogen and oxygen atoms in total. The fraction of sp³-hybridized carbons (Fsp3) is 0.278. The minimum atomic E-state index is -0.525. The van der Waals surface area contributed by atoms with E-state index in [4.69, 9.17) is 0 Å². The second-order valence-electron chi connectivity index (χ2n) is 6.34. The van der Waals surface area contributed by atoms with Gasteiger partial charge in [0.25, 0.3) is 0 Å². The van der Waals surface area contributed by atoms with E-state index in [1.807, 2.05) is 13.8 Å². The van der Waals surface area contributed by atoms with E-state index in [1.54, 1.807) is 24.4 Å². The Bertz CT molecular complexity index is 700. The summed E-state index contributed by atoms with van der Waals surface area (Å²) in [5.74, 6) is -0.306. The number of carbonyl (C=O) groups is 2. The number of anilines is 2. The third-order valence-electron chi connectivity index (χ3n) is 3.34. The van der Waals surface area contributed by atoms with Gasteiger partial charge in [-0.15, -0.1) is 0 Å². The monoisotopic (exact) mass is 329 g/mol. The summed E-state index contributed by atoms with van der Waals surface area (Å²) in [7, 11) is 0. The Morgan fingerprint density at radius 3 is 2.21 bits per heavy atom. The zero-order chi connectivity index (χ0) is 17.6. The second kappa shape index (κ2) is 7.68. The number of nitrogens with one attached hydrogen (secondary N) is 2. The van der Waals surface area contributed by atoms with Gasteiger partial charge in [-0.2, -0.15) is 0 Å². The smallest absolute Gasteiger partial charge is 0.226 e. The summed E-state index contributed by atoms with van der Waals surface area (Å²) in [5.41, 5.74) is -0.00155. The molecule has 0 fully saturated rings. The van der Waals surface area contributed by atoms with Crippen molar-refractivity contribution in [2.24, 2.45) is 5.41 Å². The topological polar surface area (TPSA) is 71.1 Å². The third-order valence-corrected chi connectivity index (χ3v) is 3.34. The number of carbonyl (C=O) groups excluding carboxylic acids is 2. The highest BCUT2D eigenvalue weighted by molar-refractivity contribution is 5.93. The Kier molecular flexibility index (Phi) is 5.63. The molecule has 1 aromatic heterocycles. The number of hydrogen-bond donors (Lipinski definition) is 2. The fourth-order valence-electron chi connectivity index (χ4n) is 2.29. The maximum absolute atomic E-state index is 12.9. The van der Waals surface area contributed by atoms with Crippen molar-refractivity contribution in [1.29, 1.82) is 0 Å². The van der Waals surface area contributed by atoms with E-state index in [9.17, 15) is 14.0 Å². The summed E-state index contributed by atoms with van der Waals surface area (Å²) in [4.78, 5) is 28.2. The van der Waals surface area contributed by atoms with Crippen molar-refractivity contribution in [3.63, 3.8) is 0 Å². The van der Waals surface area contributed by atoms with Gasteiger partial charge in [0.05, 0.1) is 0 Å². The predicted octanol–water partition coefficient (Wildman–Crippen LogP) is 3.60. The van der Waals surface area contributed by atoms with Crippen LogP contribution in [0, 0.1) is 11.2 Å². The van der Waals surface area contributed by atoms with Crippen LogP contribution in [0.4, 0.5) is 15.9 Å². The molecule has 2 amide bonds. The molecule has 0 bridgehead atoms. The van der Waals surface area contributed by atoms with Gasteiger partial charge in [0.2, 0.25) is 11.8 Å². The van der Waals surface area contributed by atoms with Crippen LogP contribution >= 0.6 is 0 Å². The Morgan fingerprint density at radius 2 is 1.62 bits per heavy atom. The lowest BCUT2D eigenvalue weighted by molar-refractivity contribution is -0.120. The lowest BCUT2D eigenvalue weighted by Crippen LogP contribution is -2.27. The van der Waals surface area contributed by atoms with Gasteiger partial charge in [-0.3, -0.25) is 9.59 Å². The number of halogens is 1. The summed E-state index contributed by atoms with van der Waals surface area (Å²) in [6, 6.07) is 10.8. The zero-order valence-electron chi connectivity index (χ0n) is 13.7. The second-order valence-corrected chi connectivity index (χ2v) is 6.34. The van der Waals surface area contributed by atoms with Gasteiger partial charge in [0, 0.05) is 24.7 Å². The molecule has 0 unspecified atom stereocenters. The minimum absolute atomic E-state index is 0.167. The van der Waals surface area contributed by atoms with E-state index in [2.05, 4.69) is 15.6 Å². The highest BCUT2D eigenvalue weighted by atomic mass is 19.1. The zero-order valence-corrected chi connectivity index (χ0v) is 13.7. The molecule has 0 aliphatic heterocycles. The van der Waals surface area contributed by atoms with Crippen LogP contribution in [0.3, 0.4) is 0 Å². The lowest BCUT2D eigenvalue weighted by atomic mass is 9.85. The molecule has 2 N–H and O–H groups in total. The largest absolute Gasteiger partial charge is 0.326 e. The Balaban J connectivity index is 1.86. The number of amides is 2. The van der Waals surface area contributed by atoms with Crippen LogP contribution in [-0.2, 0) is 9.59 Å². The molecule has 24 heavy (non-hydrogen) atoms. The van der Waals surface area contributed by atoms with Crippen LogP contribution in [0.25, 0.3) is 0 Å². The molecular weight excluding hydrogens is 309 g/mol. The fourth-order valence-corrected chi connectivity index (χ4v) is 2.29. The number of aromatic nitrogens is 1. The van der Waals surface area contributed by atoms with Gasteiger partial charge in [0.1, 0.15) is 11.6 Å². The van der Waals surface area contributed by atoms with Crippen molar-refractivity contribution in [2.75, 3.05) is 10.6 Å². The normalized spacial score (nSPS) is 11.0. The van der Waals surface area contributed by atoms with E-state index < -0.39 is 5.41 Å². The van der Waals surface area contributed by atoms with Crippen LogP contribution in [0.1, 0.15) is 26.7 Å². The van der Waals surface area contributed by atoms with E-state index in [0.717, 1.165) is 0 Å². The quantitative estimate of drug-likeness (QED) is 0.850. The van der Waals surface area contributed by atoms with Crippen molar-refractivity contribution in [3.8, 4) is 0 Å². The first-order valence-electron chi connectivity index (χ1n) is 7.60. The summed E-state index contributed by atoms with van der Waals surface area (Å²) in [5, 5.41) is 5.40. The maximum atomic E-state index is 12.9. The summed E-state index contributed by atoms with van der Waals surface area (Å²) < 4.78 is 12.9. The van der Waals surface area contributed by atoms with Gasteiger partial charge in [-0.1, -0.05) is 19.9 Å². The predicted molar refractivity (Wildman–Crippen MR) is 90.9 cm³/mol. The maximum Gasteiger partial charge on any atom is 0.226 e. The third kappa shape index (κ3) is 5.79. The summed E-state index contributed by atoms with van der Waals surface area (Å²) >= 11 is 0. The van der Waals surface area contributed by atoms with Crippen molar-refractivity contribution >= 4 is 23.3 Å². The highest BCUT2D eigenvalue weighted by Gasteiger charge is 2.25. The molecule has 2 aromatic rings. The van der Waals surface area contributed by atoms with Gasteiger partial charge >= 0.3 is 0 Å². The average molecular weight is 329 g/mol. The van der Waals surface area contributed by atoms with Gasteiger partial charge in [-0.25, -0.2) is 9.37 Å². The van der Waals surface area contributed by atoms with Gasteiger partial charge in [-0.05, 0) is 41.8 Å². The molecule has 0 atom stereocenters. The summed E-state index contributed by atoms with van der Waals surface area (Å²) in [6.45, 7) is 3.69. The molecule has 0 saturated carbocycles. The number of pyridine rings is 1. The first kappa shape index (κ1) is 17.6. The van der Waals surface area contributed by atoms with Gasteiger partial charge in [0.15, 0.2) is 0 Å². The number of benzene rings is 1. The highest BCUT2D eigenvalue weighted by Crippen LogP contribution is 2.26. The average Bonchev–Trinajstić information content (AvgIpc) is 2.49. The van der Waals surface area contributed by atoms with Crippen molar-refractivity contribution in [2.45, 2.75) is 26.7 Å². The van der Waals surface area contributed by atoms with Crippen molar-refractivity contribution in [3.05, 3.63) is 54.5 Å². The van der Waals surface area contributed by atoms with Crippen LogP contribution < -0.4 is 10.6 Å². The molecule has 126 valence electrons. The van der Waals surface area contributed by atoms with E-state index in [-0.39, 0.29) is 30.5 Å². The lowest BCUT2D eigenvalue weighted by Gasteiger charge is -2.23. The molecule has 0 spiro atoms.